The number of aliphatic hydroxyl groups excluding tert-OH is 1. The summed E-state index contributed by atoms with van der Waals surface area (Å²) < 4.78 is 1.61. The smallest absolute Gasteiger partial charge is 0.224 e. The van der Waals surface area contributed by atoms with E-state index in [2.05, 4.69) is 129 Å². The normalized spacial score (nSPS) is 18.6. The molecule has 5 rings (SSSR count). The molecule has 1 aliphatic heterocycles. The van der Waals surface area contributed by atoms with Crippen LogP contribution in [0, 0.1) is 5.92 Å². The van der Waals surface area contributed by atoms with Crippen molar-refractivity contribution in [3.05, 3.63) is 144 Å². The van der Waals surface area contributed by atoms with Gasteiger partial charge in [0.05, 0.1) is 22.1 Å². The van der Waals surface area contributed by atoms with Crippen molar-refractivity contribution in [2.24, 2.45) is 5.92 Å². The van der Waals surface area contributed by atoms with Gasteiger partial charge in [0.25, 0.3) is 0 Å². The average molecular weight is 580 g/mol. The lowest BCUT2D eigenvalue weighted by Crippen LogP contribution is -2.74. The quantitative estimate of drug-likeness (QED) is 0.124. The van der Waals surface area contributed by atoms with E-state index in [0.717, 1.165) is 22.3 Å². The first-order chi connectivity index (χ1) is 19.6. The van der Waals surface area contributed by atoms with Gasteiger partial charge in [0.15, 0.2) is 8.24 Å². The molecule has 4 aromatic carbocycles. The summed E-state index contributed by atoms with van der Waals surface area (Å²) in [5, 5.41) is 11.5. The van der Waals surface area contributed by atoms with E-state index in [1.54, 1.807) is 0 Å². The monoisotopic (exact) mass is 579 g/mol. The van der Waals surface area contributed by atoms with Crippen molar-refractivity contribution in [1.29, 1.82) is 0 Å². The third-order valence-corrected chi connectivity index (χ3v) is 16.4. The Hall–Kier alpha value is -3.12. The van der Waals surface area contributed by atoms with Gasteiger partial charge < -0.3 is 9.67 Å². The van der Waals surface area contributed by atoms with Gasteiger partial charge in [-0.25, -0.2) is 0 Å². The number of hydrogen-bond donors (Lipinski definition) is 1. The highest BCUT2D eigenvalue weighted by molar-refractivity contribution is 8.01. The average Bonchev–Trinajstić information content (AvgIpc) is 2.96. The third kappa shape index (κ3) is 5.43. The molecule has 1 heterocycles. The molecule has 0 radical (unpaired) electrons. The molecule has 0 spiro atoms. The fourth-order valence-electron chi connectivity index (χ4n) is 5.81. The Kier molecular flexibility index (Phi) is 8.33. The van der Waals surface area contributed by atoms with Gasteiger partial charge in [-0.2, -0.15) is 0 Å². The SMILES string of the molecule is CC(C)(C)[Si](C)(C)N1C(=O)C(C(O)Cc2ccccc2)C1SC(c1ccccc1)(c1ccccc1)c1ccccc1. The van der Waals surface area contributed by atoms with Crippen LogP contribution in [0.1, 0.15) is 43.0 Å². The number of thioether (sulfide) groups is 1. The minimum atomic E-state index is -2.28. The van der Waals surface area contributed by atoms with Gasteiger partial charge in [-0.05, 0) is 33.7 Å². The maximum atomic E-state index is 14.2. The summed E-state index contributed by atoms with van der Waals surface area (Å²) in [6.07, 6.45) is -0.322. The second kappa shape index (κ2) is 11.6. The van der Waals surface area contributed by atoms with E-state index in [0.29, 0.717) is 6.42 Å². The van der Waals surface area contributed by atoms with Crippen molar-refractivity contribution in [1.82, 2.24) is 4.57 Å². The molecule has 4 aromatic rings. The summed E-state index contributed by atoms with van der Waals surface area (Å²) in [5.74, 6) is -0.412. The molecule has 1 aliphatic rings. The summed E-state index contributed by atoms with van der Waals surface area (Å²) in [7, 11) is -2.28. The van der Waals surface area contributed by atoms with Crippen LogP contribution in [0.4, 0.5) is 0 Å². The maximum Gasteiger partial charge on any atom is 0.224 e. The fraction of sp³-hybridized carbons (Fsp3) is 0.306. The Labute approximate surface area is 250 Å². The Morgan fingerprint density at radius 1 is 0.732 bits per heavy atom. The maximum absolute atomic E-state index is 14.2. The topological polar surface area (TPSA) is 40.5 Å². The van der Waals surface area contributed by atoms with Crippen LogP contribution in [0.3, 0.4) is 0 Å². The second-order valence-electron chi connectivity index (χ2n) is 12.6. The van der Waals surface area contributed by atoms with Gasteiger partial charge in [-0.3, -0.25) is 4.79 Å². The molecule has 41 heavy (non-hydrogen) atoms. The molecule has 1 fully saturated rings. The zero-order valence-corrected chi connectivity index (χ0v) is 26.5. The summed E-state index contributed by atoms with van der Waals surface area (Å²) >= 11 is 1.82. The van der Waals surface area contributed by atoms with E-state index in [-0.39, 0.29) is 16.3 Å². The molecular formula is C36H41NO2SSi. The van der Waals surface area contributed by atoms with Crippen LogP contribution in [-0.2, 0) is 16.0 Å². The predicted octanol–water partition coefficient (Wildman–Crippen LogP) is 8.11. The largest absolute Gasteiger partial charge is 0.392 e. The van der Waals surface area contributed by atoms with Gasteiger partial charge in [0.2, 0.25) is 5.91 Å². The Balaban J connectivity index is 1.68. The number of carbonyl (C=O) groups is 1. The van der Waals surface area contributed by atoms with Crippen LogP contribution in [0.25, 0.3) is 0 Å². The van der Waals surface area contributed by atoms with Crippen molar-refractivity contribution >= 4 is 25.9 Å². The number of nitrogens with zero attached hydrogens (tertiary/aromatic N) is 1. The minimum Gasteiger partial charge on any atom is -0.392 e. The number of hydrogen-bond acceptors (Lipinski definition) is 3. The van der Waals surface area contributed by atoms with Crippen LogP contribution in [0.15, 0.2) is 121 Å². The molecule has 3 atom stereocenters. The zero-order valence-electron chi connectivity index (χ0n) is 24.7. The molecule has 212 valence electrons. The second-order valence-corrected chi connectivity index (χ2v) is 19.0. The van der Waals surface area contributed by atoms with E-state index in [9.17, 15) is 9.90 Å². The number of amides is 1. The van der Waals surface area contributed by atoms with Crippen molar-refractivity contribution in [2.75, 3.05) is 0 Å². The number of carbonyl (C=O) groups excluding carboxylic acids is 1. The van der Waals surface area contributed by atoms with Crippen LogP contribution in [0.5, 0.6) is 0 Å². The molecule has 5 heteroatoms. The van der Waals surface area contributed by atoms with Crippen molar-refractivity contribution in [3.8, 4) is 0 Å². The summed E-state index contributed by atoms with van der Waals surface area (Å²) in [5.41, 5.74) is 4.53. The Bertz CT molecular complexity index is 1340. The van der Waals surface area contributed by atoms with Gasteiger partial charge in [0.1, 0.15) is 0 Å². The van der Waals surface area contributed by atoms with E-state index in [1.165, 1.54) is 0 Å². The molecule has 0 bridgehead atoms. The molecule has 1 amide bonds. The molecule has 1 saturated heterocycles. The standard InChI is InChI=1S/C36H41NO2SSi/c1-35(2,3)41(4,5)37-33(39)32(31(38)26-27-18-10-6-11-19-27)34(37)40-36(28-20-12-7-13-21-28,29-22-14-8-15-23-29)30-24-16-9-17-25-30/h6-25,31-32,34,38H,26H2,1-5H3. The molecule has 3 nitrogen and oxygen atoms in total. The zero-order chi connectivity index (χ0) is 29.3. The molecule has 0 saturated carbocycles. The molecule has 0 aliphatic carbocycles. The molecule has 1 N–H and O–H groups in total. The van der Waals surface area contributed by atoms with E-state index in [1.807, 2.05) is 42.1 Å². The minimum absolute atomic E-state index is 0.0360. The van der Waals surface area contributed by atoms with E-state index >= 15 is 0 Å². The molecule has 0 aromatic heterocycles. The van der Waals surface area contributed by atoms with E-state index < -0.39 is 25.0 Å². The summed E-state index contributed by atoms with van der Waals surface area (Å²) in [6.45, 7) is 11.4. The summed E-state index contributed by atoms with van der Waals surface area (Å²) in [4.78, 5) is 14.2. The van der Waals surface area contributed by atoms with Crippen molar-refractivity contribution < 1.29 is 9.90 Å². The Morgan fingerprint density at radius 2 is 1.12 bits per heavy atom. The fourth-order valence-corrected chi connectivity index (χ4v) is 10.8. The van der Waals surface area contributed by atoms with Gasteiger partial charge >= 0.3 is 0 Å². The lowest BCUT2D eigenvalue weighted by Gasteiger charge is -2.60. The van der Waals surface area contributed by atoms with Crippen LogP contribution in [0.2, 0.25) is 18.1 Å². The first-order valence-corrected chi connectivity index (χ1v) is 18.3. The number of β-lactam (4-membered cyclic amide) rings is 1. The Morgan fingerprint density at radius 3 is 1.51 bits per heavy atom. The number of rotatable bonds is 9. The van der Waals surface area contributed by atoms with Gasteiger partial charge in [-0.15, -0.1) is 11.8 Å². The van der Waals surface area contributed by atoms with Gasteiger partial charge in [-0.1, -0.05) is 155 Å². The molecule has 3 unspecified atom stereocenters. The summed E-state index contributed by atoms with van der Waals surface area (Å²) in [6, 6.07) is 41.9. The first-order valence-electron chi connectivity index (χ1n) is 14.5. The van der Waals surface area contributed by atoms with Crippen molar-refractivity contribution in [2.45, 2.75) is 61.5 Å². The van der Waals surface area contributed by atoms with E-state index in [4.69, 9.17) is 0 Å². The third-order valence-electron chi connectivity index (χ3n) is 9.06. The number of aliphatic hydroxyl groups is 1. The number of benzene rings is 4. The van der Waals surface area contributed by atoms with Crippen LogP contribution >= 0.6 is 11.8 Å². The lowest BCUT2D eigenvalue weighted by atomic mass is 9.84. The van der Waals surface area contributed by atoms with Crippen LogP contribution in [-0.4, -0.2) is 35.3 Å². The highest BCUT2D eigenvalue weighted by atomic mass is 32.2. The van der Waals surface area contributed by atoms with Crippen molar-refractivity contribution in [3.63, 3.8) is 0 Å². The predicted molar refractivity (Wildman–Crippen MR) is 174 cm³/mol. The lowest BCUT2D eigenvalue weighted by molar-refractivity contribution is -0.149. The first kappa shape index (κ1) is 29.4. The highest BCUT2D eigenvalue weighted by Crippen LogP contribution is 2.57. The van der Waals surface area contributed by atoms with Gasteiger partial charge in [0, 0.05) is 0 Å². The molecular weight excluding hydrogens is 539 g/mol. The van der Waals surface area contributed by atoms with Crippen LogP contribution < -0.4 is 0 Å². The highest BCUT2D eigenvalue weighted by Gasteiger charge is 2.61.